The summed E-state index contributed by atoms with van der Waals surface area (Å²) in [7, 11) is 0. The van der Waals surface area contributed by atoms with Gasteiger partial charge in [-0.05, 0) is 75.0 Å². The number of carbonyl (C=O) groups is 2. The molecule has 4 rings (SSSR count). The molecular weight excluding hydrogens is 359 g/mol. The Morgan fingerprint density at radius 3 is 2.46 bits per heavy atom. The molecule has 0 amide bonds. The highest BCUT2D eigenvalue weighted by Crippen LogP contribution is 2.44. The zero-order chi connectivity index (χ0) is 19.6. The van der Waals surface area contributed by atoms with Gasteiger partial charge in [-0.3, -0.25) is 9.59 Å². The highest BCUT2D eigenvalue weighted by Gasteiger charge is 2.47. The van der Waals surface area contributed by atoms with Crippen molar-refractivity contribution in [3.8, 4) is 5.75 Å². The molecule has 1 unspecified atom stereocenters. The van der Waals surface area contributed by atoms with Crippen molar-refractivity contribution in [3.05, 3.63) is 29.6 Å². The minimum atomic E-state index is -0.710. The van der Waals surface area contributed by atoms with Crippen LogP contribution in [0.3, 0.4) is 0 Å². The van der Waals surface area contributed by atoms with Crippen LogP contribution in [-0.2, 0) is 20.7 Å². The van der Waals surface area contributed by atoms with Gasteiger partial charge in [-0.2, -0.15) is 0 Å². The summed E-state index contributed by atoms with van der Waals surface area (Å²) in [5, 5.41) is 0. The Hall–Kier alpha value is -1.91. The van der Waals surface area contributed by atoms with E-state index in [-0.39, 0.29) is 30.0 Å². The van der Waals surface area contributed by atoms with E-state index < -0.39 is 11.6 Å². The van der Waals surface area contributed by atoms with Gasteiger partial charge in [-0.1, -0.05) is 18.9 Å². The first-order valence-corrected chi connectivity index (χ1v) is 10.7. The van der Waals surface area contributed by atoms with Gasteiger partial charge in [-0.25, -0.2) is 4.39 Å². The third-order valence-electron chi connectivity index (χ3n) is 6.68. The van der Waals surface area contributed by atoms with Gasteiger partial charge in [0, 0.05) is 6.42 Å². The number of halogens is 1. The minimum absolute atomic E-state index is 0.0327. The maximum Gasteiger partial charge on any atom is 0.313 e. The molecule has 1 saturated heterocycles. The first-order chi connectivity index (χ1) is 13.5. The highest BCUT2D eigenvalue weighted by molar-refractivity contribution is 5.98. The summed E-state index contributed by atoms with van der Waals surface area (Å²) in [4.78, 5) is 24.1. The number of rotatable bonds is 6. The lowest BCUT2D eigenvalue weighted by Gasteiger charge is -2.41. The van der Waals surface area contributed by atoms with Crippen LogP contribution in [0.1, 0.15) is 76.2 Å². The van der Waals surface area contributed by atoms with E-state index in [2.05, 4.69) is 0 Å². The molecule has 2 aliphatic carbocycles. The Balaban J connectivity index is 1.45. The quantitative estimate of drug-likeness (QED) is 0.513. The van der Waals surface area contributed by atoms with E-state index in [0.29, 0.717) is 25.0 Å². The van der Waals surface area contributed by atoms with Crippen molar-refractivity contribution in [3.63, 3.8) is 0 Å². The van der Waals surface area contributed by atoms with Crippen LogP contribution in [0.15, 0.2) is 18.2 Å². The van der Waals surface area contributed by atoms with Crippen molar-refractivity contribution in [2.24, 2.45) is 5.92 Å². The lowest BCUT2D eigenvalue weighted by atomic mass is 9.76. The second-order valence-electron chi connectivity index (χ2n) is 8.70. The third-order valence-corrected chi connectivity index (χ3v) is 6.68. The maximum absolute atomic E-state index is 14.5. The Kier molecular flexibility index (Phi) is 5.70. The van der Waals surface area contributed by atoms with Gasteiger partial charge in [-0.15, -0.1) is 0 Å². The first-order valence-electron chi connectivity index (χ1n) is 10.7. The maximum atomic E-state index is 14.5. The van der Waals surface area contributed by atoms with Crippen LogP contribution in [0, 0.1) is 11.7 Å². The SMILES string of the molecule is O=C1CC(=O)OC(CCc2ccc(OC3CCCC3)c(F)c2)(C2CCCC2)C1. The number of Topliss-reactive ketones (excluding diaryl/α,β-unsaturated/α-hetero) is 1. The average Bonchev–Trinajstić information content (AvgIpc) is 3.35. The topological polar surface area (TPSA) is 52.6 Å². The summed E-state index contributed by atoms with van der Waals surface area (Å²) in [6.07, 6.45) is 9.93. The minimum Gasteiger partial charge on any atom is -0.487 e. The zero-order valence-electron chi connectivity index (χ0n) is 16.4. The van der Waals surface area contributed by atoms with Gasteiger partial charge in [0.15, 0.2) is 11.6 Å². The smallest absolute Gasteiger partial charge is 0.313 e. The van der Waals surface area contributed by atoms with E-state index in [1.54, 1.807) is 6.07 Å². The van der Waals surface area contributed by atoms with Crippen molar-refractivity contribution < 1.29 is 23.5 Å². The largest absolute Gasteiger partial charge is 0.487 e. The fourth-order valence-electron chi connectivity index (χ4n) is 5.22. The van der Waals surface area contributed by atoms with Crippen LogP contribution >= 0.6 is 0 Å². The fourth-order valence-corrected chi connectivity index (χ4v) is 5.22. The van der Waals surface area contributed by atoms with Crippen LogP contribution in [0.2, 0.25) is 0 Å². The van der Waals surface area contributed by atoms with Crippen molar-refractivity contribution in [1.82, 2.24) is 0 Å². The molecule has 3 aliphatic rings. The number of hydrogen-bond acceptors (Lipinski definition) is 4. The molecule has 0 N–H and O–H groups in total. The molecule has 28 heavy (non-hydrogen) atoms. The predicted octanol–water partition coefficient (Wildman–Crippen LogP) is 4.91. The van der Waals surface area contributed by atoms with E-state index in [4.69, 9.17) is 9.47 Å². The number of aryl methyl sites for hydroxylation is 1. The molecular formula is C23H29FO4. The van der Waals surface area contributed by atoms with Crippen LogP contribution in [0.25, 0.3) is 0 Å². The Labute approximate surface area is 165 Å². The van der Waals surface area contributed by atoms with Crippen LogP contribution in [0.4, 0.5) is 4.39 Å². The number of carbonyl (C=O) groups excluding carboxylic acids is 2. The lowest BCUT2D eigenvalue weighted by molar-refractivity contribution is -0.178. The van der Waals surface area contributed by atoms with Crippen LogP contribution in [0.5, 0.6) is 5.75 Å². The lowest BCUT2D eigenvalue weighted by Crippen LogP contribution is -2.48. The van der Waals surface area contributed by atoms with Crippen LogP contribution in [-0.4, -0.2) is 23.5 Å². The van der Waals surface area contributed by atoms with E-state index in [1.165, 1.54) is 6.07 Å². The van der Waals surface area contributed by atoms with E-state index in [0.717, 1.165) is 56.9 Å². The molecule has 0 radical (unpaired) electrons. The summed E-state index contributed by atoms with van der Waals surface area (Å²) in [5.41, 5.74) is 0.140. The number of esters is 1. The molecule has 1 aliphatic heterocycles. The molecule has 1 heterocycles. The molecule has 3 fully saturated rings. The first kappa shape index (κ1) is 19.4. The van der Waals surface area contributed by atoms with Gasteiger partial charge in [0.2, 0.25) is 0 Å². The zero-order valence-corrected chi connectivity index (χ0v) is 16.4. The molecule has 0 bridgehead atoms. The summed E-state index contributed by atoms with van der Waals surface area (Å²) in [6.45, 7) is 0. The third kappa shape index (κ3) is 4.23. The summed E-state index contributed by atoms with van der Waals surface area (Å²) in [5.74, 6) is -0.226. The normalized spacial score (nSPS) is 26.6. The molecule has 4 nitrogen and oxygen atoms in total. The fraction of sp³-hybridized carbons (Fsp3) is 0.652. The number of ether oxygens (including phenoxy) is 2. The molecule has 5 heteroatoms. The molecule has 0 spiro atoms. The van der Waals surface area contributed by atoms with Crippen molar-refractivity contribution in [2.45, 2.75) is 88.8 Å². The van der Waals surface area contributed by atoms with E-state index >= 15 is 0 Å². The standard InChI is InChI=1S/C23H29FO4/c24-20-13-16(9-10-21(20)27-19-7-3-4-8-19)11-12-23(17-5-1-2-6-17)15-18(25)14-22(26)28-23/h9-10,13,17,19H,1-8,11-12,14-15H2. The second kappa shape index (κ2) is 8.22. The van der Waals surface area contributed by atoms with E-state index in [1.807, 2.05) is 6.07 Å². The monoisotopic (exact) mass is 388 g/mol. The Bertz CT molecular complexity index is 716. The average molecular weight is 388 g/mol. The van der Waals surface area contributed by atoms with Gasteiger partial charge in [0.25, 0.3) is 0 Å². The van der Waals surface area contributed by atoms with Gasteiger partial charge < -0.3 is 9.47 Å². The van der Waals surface area contributed by atoms with Crippen molar-refractivity contribution in [1.29, 1.82) is 0 Å². The molecule has 2 saturated carbocycles. The van der Waals surface area contributed by atoms with Gasteiger partial charge in [0.05, 0.1) is 6.10 Å². The molecule has 0 aromatic heterocycles. The number of hydrogen-bond donors (Lipinski definition) is 0. The molecule has 1 atom stereocenters. The molecule has 1 aromatic carbocycles. The van der Waals surface area contributed by atoms with Gasteiger partial charge in [0.1, 0.15) is 17.8 Å². The Morgan fingerprint density at radius 2 is 1.79 bits per heavy atom. The Morgan fingerprint density at radius 1 is 1.07 bits per heavy atom. The van der Waals surface area contributed by atoms with Crippen molar-refractivity contribution in [2.75, 3.05) is 0 Å². The van der Waals surface area contributed by atoms with Gasteiger partial charge >= 0.3 is 5.97 Å². The summed E-state index contributed by atoms with van der Waals surface area (Å²) < 4.78 is 26.1. The van der Waals surface area contributed by atoms with E-state index in [9.17, 15) is 14.0 Å². The number of benzene rings is 1. The van der Waals surface area contributed by atoms with Crippen LogP contribution < -0.4 is 4.74 Å². The van der Waals surface area contributed by atoms with Crippen molar-refractivity contribution >= 4 is 11.8 Å². The second-order valence-corrected chi connectivity index (χ2v) is 8.70. The number of cyclic esters (lactones) is 1. The summed E-state index contributed by atoms with van der Waals surface area (Å²) >= 11 is 0. The highest BCUT2D eigenvalue weighted by atomic mass is 19.1. The summed E-state index contributed by atoms with van der Waals surface area (Å²) in [6, 6.07) is 5.13. The predicted molar refractivity (Wildman–Crippen MR) is 103 cm³/mol. The number of ketones is 1. The molecule has 152 valence electrons. The molecule has 1 aromatic rings.